The van der Waals surface area contributed by atoms with Crippen LogP contribution in [0.3, 0.4) is 0 Å². The molecule has 0 fully saturated rings. The van der Waals surface area contributed by atoms with Crippen LogP contribution in [-0.4, -0.2) is 16.1 Å². The predicted octanol–water partition coefficient (Wildman–Crippen LogP) is 2.29. The minimum absolute atomic E-state index is 0.00406. The van der Waals surface area contributed by atoms with E-state index in [0.717, 1.165) is 11.1 Å². The fourth-order valence-corrected chi connectivity index (χ4v) is 1.57. The first-order valence-corrected chi connectivity index (χ1v) is 5.56. The van der Waals surface area contributed by atoms with Crippen molar-refractivity contribution in [1.29, 1.82) is 0 Å². The van der Waals surface area contributed by atoms with Gasteiger partial charge in [0.05, 0.1) is 6.42 Å². The van der Waals surface area contributed by atoms with Gasteiger partial charge in [0.15, 0.2) is 0 Å². The summed E-state index contributed by atoms with van der Waals surface area (Å²) in [4.78, 5) is 14.6. The zero-order valence-electron chi connectivity index (χ0n) is 9.74. The Hall–Kier alpha value is -2.36. The van der Waals surface area contributed by atoms with Crippen LogP contribution in [0.15, 0.2) is 48.8 Å². The van der Waals surface area contributed by atoms with E-state index >= 15 is 0 Å². The average Bonchev–Trinajstić information content (AvgIpc) is 2.37. The number of aliphatic carboxylic acids is 1. The molecule has 2 aromatic rings. The Labute approximate surface area is 105 Å². The summed E-state index contributed by atoms with van der Waals surface area (Å²) in [6.45, 7) is 0.421. The average molecular weight is 243 g/mol. The summed E-state index contributed by atoms with van der Waals surface area (Å²) >= 11 is 0. The van der Waals surface area contributed by atoms with Crippen molar-refractivity contribution in [3.8, 4) is 5.75 Å². The third-order valence-electron chi connectivity index (χ3n) is 2.38. The van der Waals surface area contributed by atoms with Gasteiger partial charge in [-0.15, -0.1) is 0 Å². The molecule has 0 saturated heterocycles. The highest BCUT2D eigenvalue weighted by Crippen LogP contribution is 2.15. The number of carboxylic acids is 1. The maximum absolute atomic E-state index is 10.6. The molecule has 0 aliphatic rings. The highest BCUT2D eigenvalue weighted by Gasteiger charge is 2.02. The third-order valence-corrected chi connectivity index (χ3v) is 2.38. The Balaban J connectivity index is 1.99. The number of carboxylic acid groups (broad SMARTS) is 1. The first kappa shape index (κ1) is 12.1. The Morgan fingerprint density at radius 1 is 1.22 bits per heavy atom. The van der Waals surface area contributed by atoms with E-state index in [4.69, 9.17) is 9.84 Å². The summed E-state index contributed by atoms with van der Waals surface area (Å²) in [5, 5.41) is 8.72. The van der Waals surface area contributed by atoms with Crippen LogP contribution in [0.5, 0.6) is 5.75 Å². The van der Waals surface area contributed by atoms with Crippen molar-refractivity contribution in [2.45, 2.75) is 13.0 Å². The fourth-order valence-electron chi connectivity index (χ4n) is 1.57. The molecule has 1 heterocycles. The van der Waals surface area contributed by atoms with Crippen molar-refractivity contribution in [3.63, 3.8) is 0 Å². The van der Waals surface area contributed by atoms with Gasteiger partial charge in [-0.2, -0.15) is 0 Å². The Morgan fingerprint density at radius 3 is 2.78 bits per heavy atom. The first-order valence-electron chi connectivity index (χ1n) is 5.56. The van der Waals surface area contributed by atoms with Crippen LogP contribution in [0, 0.1) is 0 Å². The van der Waals surface area contributed by atoms with Crippen LogP contribution in [-0.2, 0) is 17.8 Å². The summed E-state index contributed by atoms with van der Waals surface area (Å²) in [6.07, 6.45) is 3.45. The highest BCUT2D eigenvalue weighted by molar-refractivity contribution is 5.70. The van der Waals surface area contributed by atoms with Crippen molar-refractivity contribution in [2.24, 2.45) is 0 Å². The molecular weight excluding hydrogens is 230 g/mol. The molecule has 1 aromatic carbocycles. The lowest BCUT2D eigenvalue weighted by molar-refractivity contribution is -0.136. The van der Waals surface area contributed by atoms with E-state index in [-0.39, 0.29) is 6.42 Å². The second kappa shape index (κ2) is 5.82. The molecule has 18 heavy (non-hydrogen) atoms. The topological polar surface area (TPSA) is 59.4 Å². The lowest BCUT2D eigenvalue weighted by Gasteiger charge is -2.07. The van der Waals surface area contributed by atoms with Crippen molar-refractivity contribution in [3.05, 3.63) is 59.9 Å². The van der Waals surface area contributed by atoms with Gasteiger partial charge in [0.1, 0.15) is 12.4 Å². The second-order valence-electron chi connectivity index (χ2n) is 3.87. The molecule has 0 aliphatic carbocycles. The number of ether oxygens (including phenoxy) is 1. The molecule has 0 radical (unpaired) electrons. The van der Waals surface area contributed by atoms with E-state index in [2.05, 4.69) is 4.98 Å². The normalized spacial score (nSPS) is 10.0. The summed E-state index contributed by atoms with van der Waals surface area (Å²) < 4.78 is 5.58. The first-order chi connectivity index (χ1) is 8.74. The smallest absolute Gasteiger partial charge is 0.307 e. The van der Waals surface area contributed by atoms with Gasteiger partial charge >= 0.3 is 5.97 Å². The number of benzene rings is 1. The molecule has 0 unspecified atom stereocenters. The van der Waals surface area contributed by atoms with Crippen molar-refractivity contribution in [2.75, 3.05) is 0 Å². The molecule has 4 nitrogen and oxygen atoms in total. The van der Waals surface area contributed by atoms with E-state index in [0.29, 0.717) is 12.4 Å². The molecule has 2 rings (SSSR count). The lowest BCUT2D eigenvalue weighted by atomic mass is 10.1. The quantitative estimate of drug-likeness (QED) is 0.875. The number of aromatic nitrogens is 1. The molecule has 1 aromatic heterocycles. The van der Waals surface area contributed by atoms with E-state index in [1.807, 2.05) is 18.2 Å². The Kier molecular flexibility index (Phi) is 3.91. The standard InChI is InChI=1S/C14H13NO3/c16-14(17)8-11-3-1-5-13(7-11)18-10-12-4-2-6-15-9-12/h1-7,9H,8,10H2,(H,16,17). The Bertz CT molecular complexity index is 526. The molecule has 1 N–H and O–H groups in total. The maximum atomic E-state index is 10.6. The number of carbonyl (C=O) groups is 1. The van der Waals surface area contributed by atoms with Crippen LogP contribution >= 0.6 is 0 Å². The molecule has 0 atom stereocenters. The number of hydrogen-bond donors (Lipinski definition) is 1. The van der Waals surface area contributed by atoms with Crippen LogP contribution in [0.4, 0.5) is 0 Å². The van der Waals surface area contributed by atoms with Crippen LogP contribution < -0.4 is 4.74 Å². The summed E-state index contributed by atoms with van der Waals surface area (Å²) in [5.41, 5.74) is 1.70. The number of nitrogens with zero attached hydrogens (tertiary/aromatic N) is 1. The van der Waals surface area contributed by atoms with E-state index in [1.165, 1.54) is 0 Å². The molecule has 0 aliphatic heterocycles. The minimum Gasteiger partial charge on any atom is -0.489 e. The van der Waals surface area contributed by atoms with Crippen LogP contribution in [0.25, 0.3) is 0 Å². The van der Waals surface area contributed by atoms with Crippen molar-refractivity contribution in [1.82, 2.24) is 4.98 Å². The minimum atomic E-state index is -0.848. The zero-order chi connectivity index (χ0) is 12.8. The SMILES string of the molecule is O=C(O)Cc1cccc(OCc2cccnc2)c1. The molecule has 92 valence electrons. The maximum Gasteiger partial charge on any atom is 0.307 e. The van der Waals surface area contributed by atoms with Gasteiger partial charge in [-0.05, 0) is 23.8 Å². The summed E-state index contributed by atoms with van der Waals surface area (Å²) in [7, 11) is 0. The van der Waals surface area contributed by atoms with Gasteiger partial charge < -0.3 is 9.84 Å². The Morgan fingerprint density at radius 2 is 2.06 bits per heavy atom. The van der Waals surface area contributed by atoms with Gasteiger partial charge in [-0.1, -0.05) is 18.2 Å². The van der Waals surface area contributed by atoms with Gasteiger partial charge in [0.2, 0.25) is 0 Å². The molecule has 0 bridgehead atoms. The highest BCUT2D eigenvalue weighted by atomic mass is 16.5. The van der Waals surface area contributed by atoms with Crippen molar-refractivity contribution >= 4 is 5.97 Å². The van der Waals surface area contributed by atoms with Crippen LogP contribution in [0.2, 0.25) is 0 Å². The third kappa shape index (κ3) is 3.59. The fraction of sp³-hybridized carbons (Fsp3) is 0.143. The molecule has 4 heteroatoms. The summed E-state index contributed by atoms with van der Waals surface area (Å²) in [5.74, 6) is -0.183. The molecular formula is C14H13NO3. The summed E-state index contributed by atoms with van der Waals surface area (Å²) in [6, 6.07) is 10.9. The second-order valence-corrected chi connectivity index (χ2v) is 3.87. The van der Waals surface area contributed by atoms with Gasteiger partial charge in [0.25, 0.3) is 0 Å². The zero-order valence-corrected chi connectivity index (χ0v) is 9.74. The van der Waals surface area contributed by atoms with E-state index in [1.54, 1.807) is 30.6 Å². The lowest BCUT2D eigenvalue weighted by Crippen LogP contribution is -2.01. The van der Waals surface area contributed by atoms with Crippen LogP contribution in [0.1, 0.15) is 11.1 Å². The van der Waals surface area contributed by atoms with Gasteiger partial charge in [-0.25, -0.2) is 0 Å². The molecule has 0 spiro atoms. The monoisotopic (exact) mass is 243 g/mol. The van der Waals surface area contributed by atoms with E-state index < -0.39 is 5.97 Å². The predicted molar refractivity (Wildman–Crippen MR) is 66.4 cm³/mol. The van der Waals surface area contributed by atoms with E-state index in [9.17, 15) is 4.79 Å². The van der Waals surface area contributed by atoms with Gasteiger partial charge in [0, 0.05) is 18.0 Å². The largest absolute Gasteiger partial charge is 0.489 e. The number of pyridine rings is 1. The molecule has 0 saturated carbocycles. The van der Waals surface area contributed by atoms with Crippen molar-refractivity contribution < 1.29 is 14.6 Å². The number of hydrogen-bond acceptors (Lipinski definition) is 3. The number of rotatable bonds is 5. The molecule has 0 amide bonds. The van der Waals surface area contributed by atoms with Gasteiger partial charge in [-0.3, -0.25) is 9.78 Å².